The van der Waals surface area contributed by atoms with Gasteiger partial charge >= 0.3 is 0 Å². The Morgan fingerprint density at radius 2 is 1.79 bits per heavy atom. The molecule has 122 valence electrons. The van der Waals surface area contributed by atoms with Crippen LogP contribution in [0, 0.1) is 10.9 Å². The van der Waals surface area contributed by atoms with Gasteiger partial charge in [0, 0.05) is 0 Å². The van der Waals surface area contributed by atoms with E-state index in [4.69, 9.17) is 12.2 Å². The van der Waals surface area contributed by atoms with E-state index in [9.17, 15) is 5.11 Å². The second-order valence-corrected chi connectivity index (χ2v) is 7.28. The molecule has 0 bridgehead atoms. The first-order chi connectivity index (χ1) is 11.6. The molecular weight excluding hydrogens is 336 g/mol. The van der Waals surface area contributed by atoms with Gasteiger partial charge in [-0.3, -0.25) is 9.56 Å². The van der Waals surface area contributed by atoms with Crippen LogP contribution >= 0.6 is 23.6 Å². The summed E-state index contributed by atoms with van der Waals surface area (Å²) in [5.74, 6) is 0.164. The fourth-order valence-electron chi connectivity index (χ4n) is 2.46. The number of benzene rings is 2. The largest absolute Gasteiger partial charge is 0.493 e. The smallest absolute Gasteiger partial charge is 0.212 e. The predicted molar refractivity (Wildman–Crippen MR) is 103 cm³/mol. The lowest BCUT2D eigenvalue weighted by Crippen LogP contribution is -2.06. The van der Waals surface area contributed by atoms with E-state index in [0.29, 0.717) is 8.83 Å². The molecule has 3 nitrogen and oxygen atoms in total. The molecule has 24 heavy (non-hydrogen) atoms. The molecule has 1 heterocycles. The third kappa shape index (κ3) is 3.47. The Hall–Kier alpha value is -2.24. The molecule has 2 aromatic carbocycles. The molecule has 1 atom stereocenters. The van der Waals surface area contributed by atoms with Gasteiger partial charge in [-0.25, -0.2) is 0 Å². The number of aliphatic imine (C=N–C) groups is 1. The van der Waals surface area contributed by atoms with Crippen molar-refractivity contribution >= 4 is 35.5 Å². The molecule has 3 aromatic rings. The first kappa shape index (κ1) is 16.6. The first-order valence-electron chi connectivity index (χ1n) is 7.66. The van der Waals surface area contributed by atoms with Crippen molar-refractivity contribution < 1.29 is 5.11 Å². The summed E-state index contributed by atoms with van der Waals surface area (Å²) in [6.45, 7) is 4.06. The minimum Gasteiger partial charge on any atom is -0.493 e. The average molecular weight is 355 g/mol. The minimum absolute atomic E-state index is 0.0310. The summed E-state index contributed by atoms with van der Waals surface area (Å²) in [4.78, 5) is 5.10. The van der Waals surface area contributed by atoms with Crippen molar-refractivity contribution in [2.75, 3.05) is 0 Å². The Bertz CT molecular complexity index is 909. The van der Waals surface area contributed by atoms with Gasteiger partial charge in [0.05, 0.1) is 17.9 Å². The molecule has 0 spiro atoms. The van der Waals surface area contributed by atoms with Crippen molar-refractivity contribution in [1.29, 1.82) is 0 Å². The van der Waals surface area contributed by atoms with E-state index in [0.717, 1.165) is 11.3 Å². The van der Waals surface area contributed by atoms with Gasteiger partial charge in [0.2, 0.25) is 5.88 Å². The number of nitrogens with zero attached hydrogens (tertiary/aromatic N) is 2. The van der Waals surface area contributed by atoms with Crippen molar-refractivity contribution in [3.63, 3.8) is 0 Å². The quantitative estimate of drug-likeness (QED) is 0.485. The maximum Gasteiger partial charge on any atom is 0.212 e. The molecule has 0 saturated carbocycles. The van der Waals surface area contributed by atoms with Gasteiger partial charge in [0.15, 0.2) is 3.95 Å². The first-order valence-corrected chi connectivity index (χ1v) is 8.88. The third-order valence-corrected chi connectivity index (χ3v) is 5.20. The van der Waals surface area contributed by atoms with Crippen LogP contribution in [0.5, 0.6) is 5.88 Å². The zero-order valence-corrected chi connectivity index (χ0v) is 15.1. The van der Waals surface area contributed by atoms with E-state index in [2.05, 4.69) is 4.99 Å². The molecule has 1 aromatic heterocycles. The van der Waals surface area contributed by atoms with E-state index in [1.807, 2.05) is 68.4 Å². The Morgan fingerprint density at radius 3 is 2.46 bits per heavy atom. The van der Waals surface area contributed by atoms with E-state index >= 15 is 0 Å². The molecule has 0 amide bonds. The van der Waals surface area contributed by atoms with Crippen molar-refractivity contribution in [2.24, 2.45) is 4.99 Å². The molecule has 3 rings (SSSR count). The van der Waals surface area contributed by atoms with Crippen LogP contribution in [0.25, 0.3) is 0 Å². The van der Waals surface area contributed by atoms with Crippen LogP contribution in [-0.4, -0.2) is 15.9 Å². The topological polar surface area (TPSA) is 37.5 Å². The Kier molecular flexibility index (Phi) is 4.92. The number of aryl methyl sites for hydroxylation is 1. The highest BCUT2D eigenvalue weighted by atomic mass is 32.1. The van der Waals surface area contributed by atoms with Crippen molar-refractivity contribution in [3.05, 3.63) is 74.6 Å². The minimum atomic E-state index is -0.0310. The summed E-state index contributed by atoms with van der Waals surface area (Å²) in [7, 11) is 0. The number of hydrogen-bond donors (Lipinski definition) is 1. The molecule has 0 unspecified atom stereocenters. The zero-order chi connectivity index (χ0) is 17.1. The van der Waals surface area contributed by atoms with Crippen molar-refractivity contribution in [1.82, 2.24) is 4.57 Å². The van der Waals surface area contributed by atoms with Gasteiger partial charge in [-0.15, -0.1) is 0 Å². The normalized spacial score (nSPS) is 12.6. The highest BCUT2D eigenvalue weighted by Crippen LogP contribution is 2.31. The summed E-state index contributed by atoms with van der Waals surface area (Å²) in [6.07, 6.45) is 1.68. The SMILES string of the molecule is Cc1ccc(N=Cc2sc(=S)n([C@@H](C)c3ccccc3)c2O)cc1. The monoisotopic (exact) mass is 354 g/mol. The molecule has 0 aliphatic carbocycles. The Balaban J connectivity index is 1.92. The second kappa shape index (κ2) is 7.11. The van der Waals surface area contributed by atoms with Gasteiger partial charge in [-0.2, -0.15) is 0 Å². The lowest BCUT2D eigenvalue weighted by Gasteiger charge is -2.14. The third-order valence-electron chi connectivity index (χ3n) is 3.88. The molecule has 0 saturated heterocycles. The number of thiazole rings is 1. The predicted octanol–water partition coefficient (Wildman–Crippen LogP) is 5.65. The lowest BCUT2D eigenvalue weighted by molar-refractivity contribution is 0.405. The fourth-order valence-corrected chi connectivity index (χ4v) is 3.80. The van der Waals surface area contributed by atoms with Gasteiger partial charge in [0.1, 0.15) is 4.88 Å². The number of aromatic hydroxyl groups is 1. The second-order valence-electron chi connectivity index (χ2n) is 5.61. The summed E-state index contributed by atoms with van der Waals surface area (Å²) in [5, 5.41) is 10.6. The molecule has 0 radical (unpaired) electrons. The van der Waals surface area contributed by atoms with Crippen LogP contribution in [0.1, 0.15) is 29.0 Å². The van der Waals surface area contributed by atoms with Crippen LogP contribution in [0.15, 0.2) is 59.6 Å². The standard InChI is InChI=1S/C19H18N2OS2/c1-13-8-10-16(11-9-13)20-12-17-18(22)21(19(23)24-17)14(2)15-6-4-3-5-7-15/h3-12,14,22H,1-2H3/t14-/m0/s1. The van der Waals surface area contributed by atoms with Crippen LogP contribution in [-0.2, 0) is 0 Å². The van der Waals surface area contributed by atoms with Crippen molar-refractivity contribution in [3.8, 4) is 5.88 Å². The van der Waals surface area contributed by atoms with Crippen LogP contribution in [0.3, 0.4) is 0 Å². The number of hydrogen-bond acceptors (Lipinski definition) is 4. The van der Waals surface area contributed by atoms with Crippen molar-refractivity contribution in [2.45, 2.75) is 19.9 Å². The molecule has 0 aliphatic rings. The van der Waals surface area contributed by atoms with Gasteiger partial charge in [-0.1, -0.05) is 59.4 Å². The van der Waals surface area contributed by atoms with Crippen LogP contribution in [0.4, 0.5) is 5.69 Å². The molecule has 0 fully saturated rings. The summed E-state index contributed by atoms with van der Waals surface area (Å²) >= 11 is 6.81. The molecule has 0 aliphatic heterocycles. The average Bonchev–Trinajstić information content (AvgIpc) is 2.88. The Labute approximate surface area is 150 Å². The van der Waals surface area contributed by atoms with Gasteiger partial charge < -0.3 is 5.11 Å². The number of rotatable bonds is 4. The summed E-state index contributed by atoms with van der Waals surface area (Å²) in [6, 6.07) is 17.9. The van der Waals surface area contributed by atoms with Gasteiger partial charge in [0.25, 0.3) is 0 Å². The molecule has 5 heteroatoms. The highest BCUT2D eigenvalue weighted by molar-refractivity contribution is 7.73. The van der Waals surface area contributed by atoms with E-state index in [1.54, 1.807) is 10.8 Å². The lowest BCUT2D eigenvalue weighted by atomic mass is 10.1. The summed E-state index contributed by atoms with van der Waals surface area (Å²) in [5.41, 5.74) is 3.14. The zero-order valence-electron chi connectivity index (χ0n) is 13.5. The van der Waals surface area contributed by atoms with Gasteiger partial charge in [-0.05, 0) is 43.8 Å². The van der Waals surface area contributed by atoms with Crippen LogP contribution in [0.2, 0.25) is 0 Å². The maximum atomic E-state index is 10.6. The highest BCUT2D eigenvalue weighted by Gasteiger charge is 2.16. The van der Waals surface area contributed by atoms with E-state index in [-0.39, 0.29) is 11.9 Å². The van der Waals surface area contributed by atoms with Crippen LogP contribution < -0.4 is 0 Å². The van der Waals surface area contributed by atoms with E-state index in [1.165, 1.54) is 16.9 Å². The summed E-state index contributed by atoms with van der Waals surface area (Å²) < 4.78 is 2.40. The molecular formula is C19H18N2OS2. The molecule has 1 N–H and O–H groups in total. The van der Waals surface area contributed by atoms with E-state index < -0.39 is 0 Å². The number of aromatic nitrogens is 1. The fraction of sp³-hybridized carbons (Fsp3) is 0.158. The Morgan fingerprint density at radius 1 is 1.12 bits per heavy atom. The maximum absolute atomic E-state index is 10.6.